The fourth-order valence-corrected chi connectivity index (χ4v) is 7.08. The van der Waals surface area contributed by atoms with E-state index < -0.39 is 28.8 Å². The van der Waals surface area contributed by atoms with E-state index in [1.54, 1.807) is 40.7 Å². The Morgan fingerprint density at radius 1 is 1.02 bits per heavy atom. The number of amides is 1. The molecular formula is C30H37Cl2N3O5S. The second-order valence-electron chi connectivity index (χ2n) is 10.0. The Bertz CT molecular complexity index is 1290. The van der Waals surface area contributed by atoms with Gasteiger partial charge in [-0.05, 0) is 67.6 Å². The Labute approximate surface area is 253 Å². The number of hydrogen-bond acceptors (Lipinski definition) is 7. The molecule has 222 valence electrons. The summed E-state index contributed by atoms with van der Waals surface area (Å²) in [5, 5.41) is 18.5. The minimum atomic E-state index is -2.99. The minimum absolute atomic E-state index is 0.209. The summed E-state index contributed by atoms with van der Waals surface area (Å²) in [6.07, 6.45) is 1.03. The standard InChI is InChI=1S/C30H37Cl2N3O5S/c1-2-40-27-16-23(15-26(18-27)35-10-6-7-11-41(35,38)39)30(37)34-28(14-21-8-4-3-5-9-21)29(36)20-33-19-22-12-24(31)17-25(32)13-22/h3-5,8-9,12-13,15-18,28-29,33,36,38-39H,2,6-7,10-11,14,19-20H2,1H3,(H,34,37). The molecule has 3 aromatic rings. The topological polar surface area (TPSA) is 114 Å². The molecule has 0 radical (unpaired) electrons. The first-order chi connectivity index (χ1) is 19.6. The number of nitrogens with zero attached hydrogens (tertiary/aromatic N) is 1. The number of rotatable bonds is 12. The van der Waals surface area contributed by atoms with Crippen LogP contribution in [0.3, 0.4) is 0 Å². The van der Waals surface area contributed by atoms with Gasteiger partial charge >= 0.3 is 0 Å². The van der Waals surface area contributed by atoms with Gasteiger partial charge in [0.1, 0.15) is 5.75 Å². The lowest BCUT2D eigenvalue weighted by molar-refractivity contribution is 0.0829. The highest BCUT2D eigenvalue weighted by Crippen LogP contribution is 2.50. The van der Waals surface area contributed by atoms with Gasteiger partial charge in [0, 0.05) is 41.3 Å². The van der Waals surface area contributed by atoms with E-state index in [1.807, 2.05) is 37.3 Å². The fraction of sp³-hybridized carbons (Fsp3) is 0.367. The van der Waals surface area contributed by atoms with Gasteiger partial charge in [0.05, 0.1) is 30.2 Å². The normalized spacial score (nSPS) is 17.0. The molecule has 1 heterocycles. The lowest BCUT2D eigenvalue weighted by Crippen LogP contribution is -2.48. The van der Waals surface area contributed by atoms with Gasteiger partial charge in [-0.3, -0.25) is 18.2 Å². The van der Waals surface area contributed by atoms with Crippen LogP contribution in [0.1, 0.15) is 41.3 Å². The maximum atomic E-state index is 13.6. The van der Waals surface area contributed by atoms with E-state index in [4.69, 9.17) is 27.9 Å². The predicted molar refractivity (Wildman–Crippen MR) is 167 cm³/mol. The summed E-state index contributed by atoms with van der Waals surface area (Å²) < 4.78 is 28.7. The highest BCUT2D eigenvalue weighted by atomic mass is 35.5. The number of carbonyl (C=O) groups excluding carboxylic acids is 1. The summed E-state index contributed by atoms with van der Waals surface area (Å²) in [4.78, 5) is 13.6. The van der Waals surface area contributed by atoms with Crippen molar-refractivity contribution in [2.45, 2.75) is 44.9 Å². The molecule has 41 heavy (non-hydrogen) atoms. The Balaban J connectivity index is 1.53. The molecule has 1 amide bonds. The number of ether oxygens (including phenoxy) is 1. The maximum Gasteiger partial charge on any atom is 0.251 e. The third kappa shape index (κ3) is 8.99. The first-order valence-corrected chi connectivity index (χ1v) is 16.1. The lowest BCUT2D eigenvalue weighted by atomic mass is 10.00. The third-order valence-electron chi connectivity index (χ3n) is 6.82. The number of hydrogen-bond donors (Lipinski definition) is 5. The van der Waals surface area contributed by atoms with E-state index in [0.717, 1.165) is 24.0 Å². The molecule has 4 rings (SSSR count). The van der Waals surface area contributed by atoms with Gasteiger partial charge in [-0.2, -0.15) is 0 Å². The van der Waals surface area contributed by atoms with Crippen LogP contribution < -0.4 is 19.7 Å². The van der Waals surface area contributed by atoms with Crippen molar-refractivity contribution in [2.75, 3.05) is 29.8 Å². The average Bonchev–Trinajstić information content (AvgIpc) is 2.92. The molecule has 1 saturated heterocycles. The molecule has 8 nitrogen and oxygen atoms in total. The molecule has 5 N–H and O–H groups in total. The van der Waals surface area contributed by atoms with E-state index in [1.165, 1.54) is 0 Å². The van der Waals surface area contributed by atoms with E-state index >= 15 is 0 Å². The van der Waals surface area contributed by atoms with Crippen molar-refractivity contribution in [1.82, 2.24) is 10.6 Å². The third-order valence-corrected chi connectivity index (χ3v) is 9.19. The van der Waals surface area contributed by atoms with Crippen molar-refractivity contribution in [2.24, 2.45) is 0 Å². The highest BCUT2D eigenvalue weighted by molar-refractivity contribution is 8.25. The molecule has 1 aliphatic heterocycles. The molecule has 0 bridgehead atoms. The quantitative estimate of drug-likeness (QED) is 0.165. The molecular weight excluding hydrogens is 585 g/mol. The van der Waals surface area contributed by atoms with Gasteiger partial charge in [-0.25, -0.2) is 0 Å². The summed E-state index contributed by atoms with van der Waals surface area (Å²) in [7, 11) is -2.99. The minimum Gasteiger partial charge on any atom is -0.494 e. The number of aliphatic hydroxyl groups is 1. The van der Waals surface area contributed by atoms with E-state index in [2.05, 4.69) is 10.6 Å². The van der Waals surface area contributed by atoms with Crippen LogP contribution in [0, 0.1) is 0 Å². The van der Waals surface area contributed by atoms with Gasteiger partial charge in [0.25, 0.3) is 5.91 Å². The Morgan fingerprint density at radius 2 is 1.76 bits per heavy atom. The largest absolute Gasteiger partial charge is 0.494 e. The second-order valence-corrected chi connectivity index (χ2v) is 13.0. The SMILES string of the molecule is CCOc1cc(C(=O)NC(Cc2ccccc2)C(O)CNCc2cc(Cl)cc(Cl)c2)cc(N2CCCCS2(O)O)c1. The first-order valence-electron chi connectivity index (χ1n) is 13.6. The van der Waals surface area contributed by atoms with Crippen molar-refractivity contribution in [3.05, 3.63) is 93.5 Å². The fourth-order valence-electron chi connectivity index (χ4n) is 4.84. The average molecular weight is 623 g/mol. The molecule has 0 spiro atoms. The number of halogens is 2. The zero-order chi connectivity index (χ0) is 29.4. The van der Waals surface area contributed by atoms with Crippen LogP contribution in [0.25, 0.3) is 0 Å². The van der Waals surface area contributed by atoms with E-state index in [-0.39, 0.29) is 12.3 Å². The van der Waals surface area contributed by atoms with E-state index in [9.17, 15) is 19.0 Å². The molecule has 2 atom stereocenters. The molecule has 3 aromatic carbocycles. The zero-order valence-corrected chi connectivity index (χ0v) is 25.3. The Kier molecular flexibility index (Phi) is 11.2. The summed E-state index contributed by atoms with van der Waals surface area (Å²) in [5.74, 6) is 0.341. The van der Waals surface area contributed by atoms with E-state index in [0.29, 0.717) is 53.2 Å². The second kappa shape index (κ2) is 14.6. The van der Waals surface area contributed by atoms with Crippen LogP contribution in [-0.2, 0) is 13.0 Å². The van der Waals surface area contributed by atoms with Crippen molar-refractivity contribution in [3.63, 3.8) is 0 Å². The van der Waals surface area contributed by atoms with Crippen molar-refractivity contribution >= 4 is 45.6 Å². The lowest BCUT2D eigenvalue weighted by Gasteiger charge is -2.47. The molecule has 1 aliphatic rings. The Morgan fingerprint density at radius 3 is 2.44 bits per heavy atom. The molecule has 0 aromatic heterocycles. The van der Waals surface area contributed by atoms with Crippen LogP contribution in [0.5, 0.6) is 5.75 Å². The van der Waals surface area contributed by atoms with Crippen LogP contribution in [0.15, 0.2) is 66.7 Å². The van der Waals surface area contributed by atoms with Gasteiger partial charge in [0.2, 0.25) is 0 Å². The molecule has 11 heteroatoms. The summed E-state index contributed by atoms with van der Waals surface area (Å²) in [6, 6.07) is 19.3. The number of nitrogens with one attached hydrogen (secondary N) is 2. The summed E-state index contributed by atoms with van der Waals surface area (Å²) in [5.41, 5.74) is 2.66. The van der Waals surface area contributed by atoms with Crippen molar-refractivity contribution < 1.29 is 23.7 Å². The van der Waals surface area contributed by atoms with Crippen LogP contribution in [-0.4, -0.2) is 57.7 Å². The highest BCUT2D eigenvalue weighted by Gasteiger charge is 2.29. The first kappa shape index (κ1) is 31.4. The monoisotopic (exact) mass is 621 g/mol. The number of benzene rings is 3. The smallest absolute Gasteiger partial charge is 0.251 e. The number of aliphatic hydroxyl groups excluding tert-OH is 1. The number of anilines is 1. The Hall–Kier alpha value is -2.50. The zero-order valence-electron chi connectivity index (χ0n) is 22.9. The van der Waals surface area contributed by atoms with Crippen molar-refractivity contribution in [3.8, 4) is 5.75 Å². The number of carbonyl (C=O) groups is 1. The van der Waals surface area contributed by atoms with Crippen LogP contribution >= 0.6 is 34.0 Å². The van der Waals surface area contributed by atoms with Gasteiger partial charge < -0.3 is 20.5 Å². The predicted octanol–water partition coefficient (Wildman–Crippen LogP) is 6.15. The molecule has 2 unspecified atom stereocenters. The van der Waals surface area contributed by atoms with Gasteiger partial charge in [0.15, 0.2) is 0 Å². The van der Waals surface area contributed by atoms with Gasteiger partial charge in [-0.15, -0.1) is 10.8 Å². The molecule has 1 fully saturated rings. The maximum absolute atomic E-state index is 13.6. The molecule has 0 aliphatic carbocycles. The summed E-state index contributed by atoms with van der Waals surface area (Å²) in [6.45, 7) is 3.35. The van der Waals surface area contributed by atoms with Crippen LogP contribution in [0.2, 0.25) is 10.0 Å². The van der Waals surface area contributed by atoms with Crippen LogP contribution in [0.4, 0.5) is 5.69 Å². The summed E-state index contributed by atoms with van der Waals surface area (Å²) >= 11 is 12.2. The molecule has 0 saturated carbocycles. The van der Waals surface area contributed by atoms with Gasteiger partial charge in [-0.1, -0.05) is 53.5 Å². The van der Waals surface area contributed by atoms with Crippen molar-refractivity contribution in [1.29, 1.82) is 0 Å².